The molecule has 1 fully saturated rings. The van der Waals surface area contributed by atoms with Crippen molar-refractivity contribution >= 4 is 17.3 Å². The van der Waals surface area contributed by atoms with Crippen LogP contribution in [-0.2, 0) is 4.79 Å². The highest BCUT2D eigenvalue weighted by Gasteiger charge is 2.24. The molecule has 0 aromatic heterocycles. The SMILES string of the molecule is O=C(CCNC1CC1)Nc1c([N+](=O)[O-])ccc(F)c1F. The monoisotopic (exact) mass is 285 g/mol. The molecule has 1 aromatic rings. The molecule has 1 saturated carbocycles. The van der Waals surface area contributed by atoms with Crippen molar-refractivity contribution in [2.75, 3.05) is 11.9 Å². The van der Waals surface area contributed by atoms with Crippen molar-refractivity contribution in [3.63, 3.8) is 0 Å². The van der Waals surface area contributed by atoms with Crippen molar-refractivity contribution in [1.82, 2.24) is 5.32 Å². The third-order valence-electron chi connectivity index (χ3n) is 2.90. The van der Waals surface area contributed by atoms with Crippen molar-refractivity contribution in [2.45, 2.75) is 25.3 Å². The number of halogens is 2. The van der Waals surface area contributed by atoms with Crippen LogP contribution in [0.4, 0.5) is 20.2 Å². The molecule has 8 heteroatoms. The summed E-state index contributed by atoms with van der Waals surface area (Å²) in [7, 11) is 0. The Morgan fingerprint density at radius 2 is 2.10 bits per heavy atom. The summed E-state index contributed by atoms with van der Waals surface area (Å²) in [5.41, 5.74) is -1.40. The molecule has 6 nitrogen and oxygen atoms in total. The van der Waals surface area contributed by atoms with Crippen molar-refractivity contribution in [1.29, 1.82) is 0 Å². The highest BCUT2D eigenvalue weighted by atomic mass is 19.2. The third kappa shape index (κ3) is 3.47. The van der Waals surface area contributed by atoms with Crippen LogP contribution in [0.2, 0.25) is 0 Å². The van der Waals surface area contributed by atoms with Crippen LogP contribution in [0.15, 0.2) is 12.1 Å². The molecule has 2 rings (SSSR count). The van der Waals surface area contributed by atoms with Gasteiger partial charge in [0, 0.05) is 25.1 Å². The highest BCUT2D eigenvalue weighted by Crippen LogP contribution is 2.29. The molecule has 0 spiro atoms. The number of nitro groups is 1. The summed E-state index contributed by atoms with van der Waals surface area (Å²) in [4.78, 5) is 21.4. The molecule has 0 atom stereocenters. The lowest BCUT2D eigenvalue weighted by atomic mass is 10.2. The number of nitro benzene ring substituents is 1. The molecule has 0 saturated heterocycles. The number of amides is 1. The minimum Gasteiger partial charge on any atom is -0.318 e. The fourth-order valence-corrected chi connectivity index (χ4v) is 1.69. The van der Waals surface area contributed by atoms with Crippen LogP contribution in [0.5, 0.6) is 0 Å². The number of hydrogen-bond acceptors (Lipinski definition) is 4. The van der Waals surface area contributed by atoms with Crippen LogP contribution in [-0.4, -0.2) is 23.4 Å². The number of nitrogens with zero attached hydrogens (tertiary/aromatic N) is 1. The van der Waals surface area contributed by atoms with E-state index in [1.807, 2.05) is 0 Å². The van der Waals surface area contributed by atoms with Crippen LogP contribution >= 0.6 is 0 Å². The molecular formula is C12H13F2N3O3. The van der Waals surface area contributed by atoms with Crippen molar-refractivity contribution < 1.29 is 18.5 Å². The molecule has 0 heterocycles. The van der Waals surface area contributed by atoms with Gasteiger partial charge in [-0.1, -0.05) is 0 Å². The second-order valence-corrected chi connectivity index (χ2v) is 4.54. The molecule has 108 valence electrons. The predicted octanol–water partition coefficient (Wildman–Crippen LogP) is 1.95. The summed E-state index contributed by atoms with van der Waals surface area (Å²) >= 11 is 0. The second-order valence-electron chi connectivity index (χ2n) is 4.54. The summed E-state index contributed by atoms with van der Waals surface area (Å²) in [5, 5.41) is 15.9. The molecule has 20 heavy (non-hydrogen) atoms. The predicted molar refractivity (Wildman–Crippen MR) is 67.3 cm³/mol. The Balaban J connectivity index is 2.04. The molecular weight excluding hydrogens is 272 g/mol. The van der Waals surface area contributed by atoms with Crippen LogP contribution in [0.1, 0.15) is 19.3 Å². The first-order valence-electron chi connectivity index (χ1n) is 6.14. The van der Waals surface area contributed by atoms with Gasteiger partial charge in [-0.2, -0.15) is 0 Å². The van der Waals surface area contributed by atoms with E-state index in [2.05, 4.69) is 10.6 Å². The van der Waals surface area contributed by atoms with E-state index in [1.165, 1.54) is 0 Å². The number of nitrogens with one attached hydrogen (secondary N) is 2. The molecule has 2 N–H and O–H groups in total. The van der Waals surface area contributed by atoms with Gasteiger partial charge in [0.2, 0.25) is 5.91 Å². The fraction of sp³-hybridized carbons (Fsp3) is 0.417. The Morgan fingerprint density at radius 1 is 1.40 bits per heavy atom. The zero-order chi connectivity index (χ0) is 14.7. The van der Waals surface area contributed by atoms with Crippen LogP contribution in [0.3, 0.4) is 0 Å². The summed E-state index contributed by atoms with van der Waals surface area (Å²) in [6, 6.07) is 1.89. The summed E-state index contributed by atoms with van der Waals surface area (Å²) in [6.45, 7) is 0.390. The Kier molecular flexibility index (Phi) is 4.23. The Morgan fingerprint density at radius 3 is 2.70 bits per heavy atom. The zero-order valence-corrected chi connectivity index (χ0v) is 10.5. The van der Waals surface area contributed by atoms with Crippen LogP contribution < -0.4 is 10.6 Å². The Labute approximate surface area is 113 Å². The van der Waals surface area contributed by atoms with Gasteiger partial charge in [-0.3, -0.25) is 14.9 Å². The molecule has 0 unspecified atom stereocenters. The van der Waals surface area contributed by atoms with Crippen molar-refractivity contribution in [3.05, 3.63) is 33.9 Å². The zero-order valence-electron chi connectivity index (χ0n) is 10.5. The Hall–Kier alpha value is -2.09. The number of hydrogen-bond donors (Lipinski definition) is 2. The lowest BCUT2D eigenvalue weighted by molar-refractivity contribution is -0.384. The van der Waals surface area contributed by atoms with Crippen molar-refractivity contribution in [2.24, 2.45) is 0 Å². The first kappa shape index (κ1) is 14.3. The topological polar surface area (TPSA) is 84.3 Å². The molecule has 0 bridgehead atoms. The second kappa shape index (κ2) is 5.91. The molecule has 1 aliphatic carbocycles. The average Bonchev–Trinajstić information content (AvgIpc) is 3.19. The van der Waals surface area contributed by atoms with Gasteiger partial charge in [0.05, 0.1) is 4.92 Å². The van der Waals surface area contributed by atoms with Gasteiger partial charge in [-0.15, -0.1) is 0 Å². The quantitative estimate of drug-likeness (QED) is 0.618. The van der Waals surface area contributed by atoms with Gasteiger partial charge in [-0.25, -0.2) is 8.78 Å². The van der Waals surface area contributed by atoms with E-state index in [0.717, 1.165) is 18.9 Å². The summed E-state index contributed by atoms with van der Waals surface area (Å²) in [6.07, 6.45) is 2.15. The standard InChI is InChI=1S/C12H13F2N3O3/c13-8-3-4-9(17(19)20)12(11(8)14)16-10(18)5-6-15-7-1-2-7/h3-4,7,15H,1-2,5-6H2,(H,16,18). The largest absolute Gasteiger partial charge is 0.318 e. The molecule has 1 amide bonds. The van der Waals surface area contributed by atoms with E-state index in [0.29, 0.717) is 18.7 Å². The molecule has 1 aliphatic rings. The van der Waals surface area contributed by atoms with Crippen molar-refractivity contribution in [3.8, 4) is 0 Å². The van der Waals surface area contributed by atoms with E-state index in [1.54, 1.807) is 0 Å². The van der Waals surface area contributed by atoms with Gasteiger partial charge in [-0.05, 0) is 18.9 Å². The number of carbonyl (C=O) groups is 1. The number of rotatable bonds is 6. The lowest BCUT2D eigenvalue weighted by Gasteiger charge is -2.08. The van der Waals surface area contributed by atoms with Gasteiger partial charge >= 0.3 is 0 Å². The molecule has 1 aromatic carbocycles. The van der Waals surface area contributed by atoms with E-state index in [4.69, 9.17) is 0 Å². The highest BCUT2D eigenvalue weighted by molar-refractivity contribution is 5.93. The maximum Gasteiger partial charge on any atom is 0.296 e. The number of benzene rings is 1. The number of anilines is 1. The fourth-order valence-electron chi connectivity index (χ4n) is 1.69. The minimum atomic E-state index is -1.43. The maximum absolute atomic E-state index is 13.5. The maximum atomic E-state index is 13.5. The normalized spacial score (nSPS) is 14.1. The smallest absolute Gasteiger partial charge is 0.296 e. The van der Waals surface area contributed by atoms with Gasteiger partial charge in [0.1, 0.15) is 0 Å². The number of carbonyl (C=O) groups excluding carboxylic acids is 1. The third-order valence-corrected chi connectivity index (χ3v) is 2.90. The van der Waals surface area contributed by atoms with E-state index in [9.17, 15) is 23.7 Å². The first-order valence-corrected chi connectivity index (χ1v) is 6.14. The molecule has 0 radical (unpaired) electrons. The molecule has 0 aliphatic heterocycles. The van der Waals surface area contributed by atoms with Gasteiger partial charge in [0.25, 0.3) is 5.69 Å². The average molecular weight is 285 g/mol. The van der Waals surface area contributed by atoms with Gasteiger partial charge in [0.15, 0.2) is 17.3 Å². The minimum absolute atomic E-state index is 0.0314. The van der Waals surface area contributed by atoms with Crippen LogP contribution in [0, 0.1) is 21.7 Å². The first-order chi connectivity index (χ1) is 9.49. The van der Waals surface area contributed by atoms with E-state index < -0.39 is 33.8 Å². The van der Waals surface area contributed by atoms with E-state index >= 15 is 0 Å². The van der Waals surface area contributed by atoms with Gasteiger partial charge < -0.3 is 10.6 Å². The lowest BCUT2D eigenvalue weighted by Crippen LogP contribution is -2.24. The Bertz CT molecular complexity index is 547. The van der Waals surface area contributed by atoms with E-state index in [-0.39, 0.29) is 6.42 Å². The summed E-state index contributed by atoms with van der Waals surface area (Å²) < 4.78 is 26.6. The van der Waals surface area contributed by atoms with Crippen LogP contribution in [0.25, 0.3) is 0 Å². The summed E-state index contributed by atoms with van der Waals surface area (Å²) in [5.74, 6) is -3.28.